The molecule has 3 saturated heterocycles. The fourth-order valence-electron chi connectivity index (χ4n) is 3.93. The lowest BCUT2D eigenvalue weighted by Gasteiger charge is -2.47. The van der Waals surface area contributed by atoms with Crippen LogP contribution in [-0.4, -0.2) is 72.8 Å². The van der Waals surface area contributed by atoms with Gasteiger partial charge in [-0.3, -0.25) is 9.80 Å². The highest BCUT2D eigenvalue weighted by molar-refractivity contribution is 5.79. The van der Waals surface area contributed by atoms with Gasteiger partial charge in [0.05, 0.1) is 5.69 Å². The van der Waals surface area contributed by atoms with Gasteiger partial charge in [0.25, 0.3) is 0 Å². The molecule has 1 aromatic rings. The summed E-state index contributed by atoms with van der Waals surface area (Å²) in [4.78, 5) is 9.84. The molecule has 0 aromatic carbocycles. The second-order valence-corrected chi connectivity index (χ2v) is 7.30. The van der Waals surface area contributed by atoms with E-state index >= 15 is 0 Å². The maximum atomic E-state index is 5.49. The minimum atomic E-state index is 0.480. The molecular weight excluding hydrogens is 328 g/mol. The summed E-state index contributed by atoms with van der Waals surface area (Å²) in [7, 11) is 0. The molecule has 7 heteroatoms. The van der Waals surface area contributed by atoms with Crippen molar-refractivity contribution in [1.29, 1.82) is 0 Å². The number of piperazine rings is 3. The van der Waals surface area contributed by atoms with E-state index in [0.29, 0.717) is 18.5 Å². The molecular formula is C19H34N6O. The largest absolute Gasteiger partial charge is 0.359 e. The molecule has 4 rings (SSSR count). The van der Waals surface area contributed by atoms with E-state index in [1.807, 2.05) is 0 Å². The van der Waals surface area contributed by atoms with Crippen molar-refractivity contribution in [1.82, 2.24) is 25.6 Å². The van der Waals surface area contributed by atoms with Crippen molar-refractivity contribution in [2.24, 2.45) is 4.99 Å². The molecule has 1 unspecified atom stereocenters. The standard InChI is InChI=1S/C19H34N6O/c1-4-15(5-2)18-11-17(26-23-18)13-22-19(20-6-3)21-12-16-14-24-7-9-25(16)10-8-24/h11,15-16H,4-10,12-14H2,1-3H3,(H2,20,21,22). The average Bonchev–Trinajstić information content (AvgIpc) is 3.15. The number of nitrogens with one attached hydrogen (secondary N) is 2. The van der Waals surface area contributed by atoms with Gasteiger partial charge in [-0.05, 0) is 19.8 Å². The SMILES string of the molecule is CCNC(=NCc1cc(C(CC)CC)no1)NCC1CN2CCN1CC2. The highest BCUT2D eigenvalue weighted by Crippen LogP contribution is 2.22. The van der Waals surface area contributed by atoms with Crippen LogP contribution in [0, 0.1) is 0 Å². The van der Waals surface area contributed by atoms with E-state index in [1.165, 1.54) is 26.2 Å². The van der Waals surface area contributed by atoms with E-state index in [9.17, 15) is 0 Å². The number of rotatable bonds is 8. The number of fused-ring (bicyclic) bond motifs is 3. The van der Waals surface area contributed by atoms with Crippen LogP contribution < -0.4 is 10.6 Å². The zero-order valence-corrected chi connectivity index (χ0v) is 16.5. The molecule has 3 aliphatic rings. The first-order valence-corrected chi connectivity index (χ1v) is 10.2. The molecule has 1 atom stereocenters. The Kier molecular flexibility index (Phi) is 6.91. The number of hydrogen-bond donors (Lipinski definition) is 2. The lowest BCUT2D eigenvalue weighted by molar-refractivity contribution is 0.0154. The third kappa shape index (κ3) is 4.76. The van der Waals surface area contributed by atoms with Crippen LogP contribution in [0.1, 0.15) is 51.0 Å². The summed E-state index contributed by atoms with van der Waals surface area (Å²) in [6.45, 7) is 14.7. The number of guanidine groups is 1. The minimum Gasteiger partial charge on any atom is -0.359 e. The number of nitrogens with zero attached hydrogens (tertiary/aromatic N) is 4. The van der Waals surface area contributed by atoms with Crippen molar-refractivity contribution in [2.75, 3.05) is 45.8 Å². The third-order valence-corrected chi connectivity index (χ3v) is 5.62. The summed E-state index contributed by atoms with van der Waals surface area (Å²) in [5.74, 6) is 2.16. The lowest BCUT2D eigenvalue weighted by Crippen LogP contribution is -2.63. The Hall–Kier alpha value is -1.60. The van der Waals surface area contributed by atoms with Crippen molar-refractivity contribution in [3.05, 3.63) is 17.5 Å². The Morgan fingerprint density at radius 2 is 2.00 bits per heavy atom. The summed E-state index contributed by atoms with van der Waals surface area (Å²) in [6.07, 6.45) is 2.18. The second-order valence-electron chi connectivity index (χ2n) is 7.30. The Labute approximate surface area is 157 Å². The van der Waals surface area contributed by atoms with Gasteiger partial charge in [0.15, 0.2) is 11.7 Å². The van der Waals surface area contributed by atoms with Crippen LogP contribution in [0.3, 0.4) is 0 Å². The van der Waals surface area contributed by atoms with Gasteiger partial charge in [-0.25, -0.2) is 4.99 Å². The quantitative estimate of drug-likeness (QED) is 0.541. The predicted octanol–water partition coefficient (Wildman–Crippen LogP) is 1.63. The molecule has 1 aromatic heterocycles. The molecule has 7 nitrogen and oxygen atoms in total. The molecule has 0 radical (unpaired) electrons. The summed E-state index contributed by atoms with van der Waals surface area (Å²) in [5.41, 5.74) is 1.05. The van der Waals surface area contributed by atoms with E-state index in [1.54, 1.807) is 0 Å². The molecule has 0 aliphatic carbocycles. The van der Waals surface area contributed by atoms with Crippen LogP contribution in [0.4, 0.5) is 0 Å². The van der Waals surface area contributed by atoms with E-state index in [-0.39, 0.29) is 0 Å². The maximum absolute atomic E-state index is 5.49. The van der Waals surface area contributed by atoms with E-state index < -0.39 is 0 Å². The van der Waals surface area contributed by atoms with Crippen LogP contribution >= 0.6 is 0 Å². The molecule has 146 valence electrons. The minimum absolute atomic E-state index is 0.480. The molecule has 2 N–H and O–H groups in total. The van der Waals surface area contributed by atoms with Gasteiger partial charge < -0.3 is 15.2 Å². The summed E-state index contributed by atoms with van der Waals surface area (Å²) >= 11 is 0. The molecule has 2 bridgehead atoms. The van der Waals surface area contributed by atoms with Crippen molar-refractivity contribution < 1.29 is 4.52 Å². The van der Waals surface area contributed by atoms with E-state index in [4.69, 9.17) is 4.52 Å². The Morgan fingerprint density at radius 1 is 1.23 bits per heavy atom. The zero-order chi connectivity index (χ0) is 18.4. The Bertz CT molecular complexity index is 574. The van der Waals surface area contributed by atoms with Crippen molar-refractivity contribution in [2.45, 2.75) is 52.1 Å². The van der Waals surface area contributed by atoms with Crippen molar-refractivity contribution >= 4 is 5.96 Å². The van der Waals surface area contributed by atoms with Gasteiger partial charge in [-0.1, -0.05) is 19.0 Å². The predicted molar refractivity (Wildman–Crippen MR) is 104 cm³/mol. The lowest BCUT2D eigenvalue weighted by atomic mass is 9.99. The highest BCUT2D eigenvalue weighted by Gasteiger charge is 2.31. The second kappa shape index (κ2) is 9.37. The molecule has 4 heterocycles. The molecule has 3 fully saturated rings. The molecule has 0 amide bonds. The topological polar surface area (TPSA) is 68.9 Å². The summed E-state index contributed by atoms with van der Waals surface area (Å²) < 4.78 is 5.49. The van der Waals surface area contributed by atoms with Gasteiger partial charge in [-0.2, -0.15) is 0 Å². The molecule has 3 aliphatic heterocycles. The fourth-order valence-corrected chi connectivity index (χ4v) is 3.93. The Morgan fingerprint density at radius 3 is 2.62 bits per heavy atom. The number of aliphatic imine (C=N–C) groups is 1. The smallest absolute Gasteiger partial charge is 0.191 e. The first-order valence-electron chi connectivity index (χ1n) is 10.2. The van der Waals surface area contributed by atoms with Crippen molar-refractivity contribution in [3.8, 4) is 0 Å². The first kappa shape index (κ1) is 19.2. The van der Waals surface area contributed by atoms with Gasteiger partial charge in [0.2, 0.25) is 0 Å². The maximum Gasteiger partial charge on any atom is 0.191 e. The van der Waals surface area contributed by atoms with E-state index in [2.05, 4.69) is 57.4 Å². The van der Waals surface area contributed by atoms with Gasteiger partial charge in [0.1, 0.15) is 6.54 Å². The number of hydrogen-bond acceptors (Lipinski definition) is 5. The molecule has 26 heavy (non-hydrogen) atoms. The van der Waals surface area contributed by atoms with E-state index in [0.717, 1.165) is 49.9 Å². The third-order valence-electron chi connectivity index (χ3n) is 5.62. The Balaban J connectivity index is 1.53. The normalized spacial score (nSPS) is 25.7. The fraction of sp³-hybridized carbons (Fsp3) is 0.789. The van der Waals surface area contributed by atoms with Crippen LogP contribution in [0.15, 0.2) is 15.6 Å². The summed E-state index contributed by atoms with van der Waals surface area (Å²) in [6, 6.07) is 2.64. The van der Waals surface area contributed by atoms with Crippen LogP contribution in [0.2, 0.25) is 0 Å². The van der Waals surface area contributed by atoms with Crippen LogP contribution in [0.5, 0.6) is 0 Å². The van der Waals surface area contributed by atoms with Crippen LogP contribution in [-0.2, 0) is 6.54 Å². The molecule has 0 spiro atoms. The highest BCUT2D eigenvalue weighted by atomic mass is 16.5. The van der Waals surface area contributed by atoms with Gasteiger partial charge in [-0.15, -0.1) is 0 Å². The number of aromatic nitrogens is 1. The zero-order valence-electron chi connectivity index (χ0n) is 16.5. The summed E-state index contributed by atoms with van der Waals surface area (Å²) in [5, 5.41) is 11.1. The van der Waals surface area contributed by atoms with Crippen LogP contribution in [0.25, 0.3) is 0 Å². The monoisotopic (exact) mass is 362 g/mol. The van der Waals surface area contributed by atoms with Crippen molar-refractivity contribution in [3.63, 3.8) is 0 Å². The van der Waals surface area contributed by atoms with Gasteiger partial charge >= 0.3 is 0 Å². The first-order chi connectivity index (χ1) is 12.7. The molecule has 0 saturated carbocycles. The van der Waals surface area contributed by atoms with Gasteiger partial charge in [0, 0.05) is 63.8 Å². The average molecular weight is 363 g/mol.